The summed E-state index contributed by atoms with van der Waals surface area (Å²) in [6.45, 7) is 3.62. The van der Waals surface area contributed by atoms with E-state index in [0.29, 0.717) is 36.7 Å². The number of anilines is 1. The van der Waals surface area contributed by atoms with Gasteiger partial charge in [0.2, 0.25) is 10.0 Å². The second-order valence-corrected chi connectivity index (χ2v) is 9.23. The van der Waals surface area contributed by atoms with E-state index in [9.17, 15) is 13.2 Å². The lowest BCUT2D eigenvalue weighted by molar-refractivity contribution is 0.0973. The van der Waals surface area contributed by atoms with E-state index in [0.717, 1.165) is 19.3 Å². The van der Waals surface area contributed by atoms with Crippen LogP contribution in [0.15, 0.2) is 53.4 Å². The number of para-hydroxylation sites is 1. The molecule has 1 aliphatic rings. The second kappa shape index (κ2) is 10.0. The molecular formula is C21H25N3O4S2. The fraction of sp³-hybridized carbons (Fsp3) is 0.333. The van der Waals surface area contributed by atoms with Crippen molar-refractivity contribution in [2.75, 3.05) is 25.0 Å². The van der Waals surface area contributed by atoms with E-state index in [-0.39, 0.29) is 15.9 Å². The van der Waals surface area contributed by atoms with Crippen LogP contribution in [0, 0.1) is 0 Å². The van der Waals surface area contributed by atoms with Gasteiger partial charge in [-0.2, -0.15) is 4.31 Å². The Labute approximate surface area is 182 Å². The van der Waals surface area contributed by atoms with Gasteiger partial charge in [0.05, 0.1) is 17.1 Å². The molecule has 1 heterocycles. The van der Waals surface area contributed by atoms with Crippen LogP contribution < -0.4 is 15.4 Å². The number of rotatable bonds is 7. The minimum atomic E-state index is -3.46. The molecule has 7 nitrogen and oxygen atoms in total. The van der Waals surface area contributed by atoms with Crippen molar-refractivity contribution in [3.05, 3.63) is 54.1 Å². The third-order valence-corrected chi connectivity index (χ3v) is 6.75. The summed E-state index contributed by atoms with van der Waals surface area (Å²) in [5.74, 6) is 0.114. The number of nitrogens with zero attached hydrogens (tertiary/aromatic N) is 1. The van der Waals surface area contributed by atoms with Gasteiger partial charge in [0.25, 0.3) is 5.91 Å². The monoisotopic (exact) mass is 447 g/mol. The van der Waals surface area contributed by atoms with E-state index in [1.807, 2.05) is 6.92 Å². The highest BCUT2D eigenvalue weighted by molar-refractivity contribution is 7.89. The van der Waals surface area contributed by atoms with E-state index in [1.165, 1.54) is 16.4 Å². The van der Waals surface area contributed by atoms with Gasteiger partial charge in [-0.15, -0.1) is 0 Å². The summed E-state index contributed by atoms with van der Waals surface area (Å²) in [5, 5.41) is 5.64. The van der Waals surface area contributed by atoms with Gasteiger partial charge >= 0.3 is 0 Å². The Morgan fingerprint density at radius 1 is 1.10 bits per heavy atom. The summed E-state index contributed by atoms with van der Waals surface area (Å²) >= 11 is 5.23. The molecule has 160 valence electrons. The first kappa shape index (κ1) is 22.2. The van der Waals surface area contributed by atoms with E-state index in [2.05, 4.69) is 10.6 Å². The minimum Gasteiger partial charge on any atom is -0.493 e. The molecule has 3 rings (SSSR count). The van der Waals surface area contributed by atoms with E-state index in [1.54, 1.807) is 36.4 Å². The molecule has 1 saturated heterocycles. The van der Waals surface area contributed by atoms with Crippen LogP contribution in [-0.4, -0.2) is 43.4 Å². The zero-order valence-corrected chi connectivity index (χ0v) is 18.4. The molecule has 2 aromatic carbocycles. The van der Waals surface area contributed by atoms with Crippen molar-refractivity contribution in [2.45, 2.75) is 31.1 Å². The first-order chi connectivity index (χ1) is 14.4. The van der Waals surface area contributed by atoms with Crippen LogP contribution in [-0.2, 0) is 10.0 Å². The van der Waals surface area contributed by atoms with Gasteiger partial charge in [-0.1, -0.05) is 19.1 Å². The maximum Gasteiger partial charge on any atom is 0.261 e. The average molecular weight is 448 g/mol. The lowest BCUT2D eigenvalue weighted by Crippen LogP contribution is -2.34. The number of nitrogens with one attached hydrogen (secondary N) is 2. The van der Waals surface area contributed by atoms with Crippen molar-refractivity contribution in [3.63, 3.8) is 0 Å². The van der Waals surface area contributed by atoms with Gasteiger partial charge in [0.15, 0.2) is 5.11 Å². The number of hydrogen-bond donors (Lipinski definition) is 2. The molecule has 1 fully saturated rings. The van der Waals surface area contributed by atoms with Crippen LogP contribution in [0.3, 0.4) is 0 Å². The number of thiocarbonyl (C=S) groups is 1. The van der Waals surface area contributed by atoms with Crippen molar-refractivity contribution in [1.29, 1.82) is 0 Å². The molecule has 2 aromatic rings. The van der Waals surface area contributed by atoms with Gasteiger partial charge in [-0.05, 0) is 67.9 Å². The van der Waals surface area contributed by atoms with Crippen molar-refractivity contribution in [3.8, 4) is 5.75 Å². The first-order valence-corrected chi connectivity index (χ1v) is 11.7. The SMILES string of the molecule is CCCOc1ccccc1C(=O)NC(=S)Nc1ccc(S(=O)(=O)N2CCCC2)cc1. The lowest BCUT2D eigenvalue weighted by atomic mass is 10.2. The van der Waals surface area contributed by atoms with E-state index in [4.69, 9.17) is 17.0 Å². The van der Waals surface area contributed by atoms with Crippen LogP contribution in [0.2, 0.25) is 0 Å². The van der Waals surface area contributed by atoms with Crippen molar-refractivity contribution >= 4 is 38.9 Å². The normalized spacial score (nSPS) is 14.3. The third kappa shape index (κ3) is 5.35. The summed E-state index contributed by atoms with van der Waals surface area (Å²) in [4.78, 5) is 12.8. The number of hydrogen-bond acceptors (Lipinski definition) is 5. The molecule has 0 unspecified atom stereocenters. The summed E-state index contributed by atoms with van der Waals surface area (Å²) in [6.07, 6.45) is 2.61. The van der Waals surface area contributed by atoms with Crippen molar-refractivity contribution < 1.29 is 17.9 Å². The fourth-order valence-electron chi connectivity index (χ4n) is 3.11. The standard InChI is InChI=1S/C21H25N3O4S2/c1-2-15-28-19-8-4-3-7-18(19)20(25)23-21(29)22-16-9-11-17(12-10-16)30(26,27)24-13-5-6-14-24/h3-4,7-12H,2,5-6,13-15H2,1H3,(H2,22,23,25,29). The second-order valence-electron chi connectivity index (χ2n) is 6.89. The van der Waals surface area contributed by atoms with Gasteiger partial charge in [0.1, 0.15) is 5.75 Å². The zero-order chi connectivity index (χ0) is 21.6. The summed E-state index contributed by atoms with van der Waals surface area (Å²) < 4.78 is 32.3. The Kier molecular flexibility index (Phi) is 7.41. The molecule has 0 bridgehead atoms. The van der Waals surface area contributed by atoms with Gasteiger partial charge in [-0.3, -0.25) is 10.1 Å². The van der Waals surface area contributed by atoms with E-state index < -0.39 is 10.0 Å². The van der Waals surface area contributed by atoms with Gasteiger partial charge in [0, 0.05) is 18.8 Å². The number of sulfonamides is 1. The number of benzene rings is 2. The summed E-state index contributed by atoms with van der Waals surface area (Å²) in [7, 11) is -3.46. The highest BCUT2D eigenvalue weighted by Gasteiger charge is 2.26. The third-order valence-electron chi connectivity index (χ3n) is 4.64. The molecule has 0 radical (unpaired) electrons. The van der Waals surface area contributed by atoms with Crippen molar-refractivity contribution in [2.24, 2.45) is 0 Å². The molecule has 2 N–H and O–H groups in total. The molecule has 0 aliphatic carbocycles. The summed E-state index contributed by atoms with van der Waals surface area (Å²) in [6, 6.07) is 13.3. The molecule has 0 saturated carbocycles. The zero-order valence-electron chi connectivity index (χ0n) is 16.8. The predicted octanol–water partition coefficient (Wildman–Crippen LogP) is 3.39. The van der Waals surface area contributed by atoms with Crippen molar-refractivity contribution in [1.82, 2.24) is 9.62 Å². The number of carbonyl (C=O) groups excluding carboxylic acids is 1. The molecule has 1 aliphatic heterocycles. The van der Waals surface area contributed by atoms with Gasteiger partial charge < -0.3 is 10.1 Å². The quantitative estimate of drug-likeness (QED) is 0.633. The summed E-state index contributed by atoms with van der Waals surface area (Å²) in [5.41, 5.74) is 0.971. The molecule has 1 amide bonds. The Balaban J connectivity index is 1.62. The lowest BCUT2D eigenvalue weighted by Gasteiger charge is -2.16. The first-order valence-electron chi connectivity index (χ1n) is 9.86. The largest absolute Gasteiger partial charge is 0.493 e. The highest BCUT2D eigenvalue weighted by Crippen LogP contribution is 2.22. The van der Waals surface area contributed by atoms with Crippen LogP contribution in [0.25, 0.3) is 0 Å². The Morgan fingerprint density at radius 3 is 2.43 bits per heavy atom. The van der Waals surface area contributed by atoms with Crippen LogP contribution in [0.4, 0.5) is 5.69 Å². The van der Waals surface area contributed by atoms with Gasteiger partial charge in [-0.25, -0.2) is 8.42 Å². The number of carbonyl (C=O) groups is 1. The molecule has 30 heavy (non-hydrogen) atoms. The molecule has 9 heteroatoms. The number of amides is 1. The molecule has 0 aromatic heterocycles. The number of ether oxygens (including phenoxy) is 1. The maximum atomic E-state index is 12.6. The molecule has 0 spiro atoms. The maximum absolute atomic E-state index is 12.6. The van der Waals surface area contributed by atoms with Crippen LogP contribution in [0.1, 0.15) is 36.5 Å². The Hall–Kier alpha value is -2.49. The topological polar surface area (TPSA) is 87.7 Å². The highest BCUT2D eigenvalue weighted by atomic mass is 32.2. The van der Waals surface area contributed by atoms with Crippen LogP contribution >= 0.6 is 12.2 Å². The minimum absolute atomic E-state index is 0.112. The smallest absolute Gasteiger partial charge is 0.261 e. The Morgan fingerprint density at radius 2 is 1.77 bits per heavy atom. The molecule has 0 atom stereocenters. The van der Waals surface area contributed by atoms with E-state index >= 15 is 0 Å². The fourth-order valence-corrected chi connectivity index (χ4v) is 4.84. The average Bonchev–Trinajstić information content (AvgIpc) is 3.28. The predicted molar refractivity (Wildman–Crippen MR) is 120 cm³/mol. The Bertz CT molecular complexity index is 1000. The van der Waals surface area contributed by atoms with Crippen LogP contribution in [0.5, 0.6) is 5.75 Å². The molecular weight excluding hydrogens is 422 g/mol.